The second-order valence-electron chi connectivity index (χ2n) is 4.07. The van der Waals surface area contributed by atoms with Gasteiger partial charge in [-0.2, -0.15) is 12.7 Å². The average Bonchev–Trinajstić information content (AvgIpc) is 3.10. The zero-order chi connectivity index (χ0) is 12.9. The minimum Gasteiger partial charge on any atom is -0.408 e. The summed E-state index contributed by atoms with van der Waals surface area (Å²) >= 11 is 0. The first-order valence-electron chi connectivity index (χ1n) is 5.35. The molecule has 0 bridgehead atoms. The second-order valence-corrected chi connectivity index (χ2v) is 6.03. The van der Waals surface area contributed by atoms with Crippen LogP contribution in [0.4, 0.5) is 5.69 Å². The predicted molar refractivity (Wildman–Crippen MR) is 65.7 cm³/mol. The van der Waals surface area contributed by atoms with Gasteiger partial charge < -0.3 is 4.42 Å². The van der Waals surface area contributed by atoms with E-state index in [1.807, 2.05) is 0 Å². The molecule has 2 aromatic rings. The topological polar surface area (TPSA) is 86.4 Å². The van der Waals surface area contributed by atoms with Crippen LogP contribution in [0.1, 0.15) is 0 Å². The maximum absolute atomic E-state index is 12.0. The van der Waals surface area contributed by atoms with Crippen LogP contribution in [0, 0.1) is 0 Å². The van der Waals surface area contributed by atoms with E-state index in [-0.39, 0.29) is 0 Å². The van der Waals surface area contributed by atoms with Gasteiger partial charge in [-0.15, -0.1) is 0 Å². The van der Waals surface area contributed by atoms with Crippen LogP contribution in [-0.2, 0) is 10.2 Å². The quantitative estimate of drug-likeness (QED) is 0.802. The van der Waals surface area contributed by atoms with Crippen LogP contribution in [-0.4, -0.2) is 37.8 Å². The molecule has 8 heteroatoms. The number of aromatic amines is 1. The van der Waals surface area contributed by atoms with Crippen molar-refractivity contribution in [2.75, 3.05) is 24.4 Å². The van der Waals surface area contributed by atoms with E-state index < -0.39 is 16.0 Å². The smallest absolute Gasteiger partial charge is 0.408 e. The van der Waals surface area contributed by atoms with E-state index in [2.05, 4.69) is 4.98 Å². The molecule has 1 aliphatic rings. The van der Waals surface area contributed by atoms with Crippen molar-refractivity contribution in [3.63, 3.8) is 0 Å². The lowest BCUT2D eigenvalue weighted by Crippen LogP contribution is -2.32. The first kappa shape index (κ1) is 11.3. The Labute approximate surface area is 103 Å². The summed E-state index contributed by atoms with van der Waals surface area (Å²) < 4.78 is 31.4. The van der Waals surface area contributed by atoms with Gasteiger partial charge in [0.15, 0.2) is 5.58 Å². The number of benzene rings is 1. The number of nitrogens with zero attached hydrogens (tertiary/aromatic N) is 2. The van der Waals surface area contributed by atoms with E-state index in [9.17, 15) is 13.2 Å². The Morgan fingerprint density at radius 3 is 2.78 bits per heavy atom. The van der Waals surface area contributed by atoms with Crippen molar-refractivity contribution < 1.29 is 12.8 Å². The molecule has 0 amide bonds. The van der Waals surface area contributed by atoms with E-state index in [4.69, 9.17) is 4.42 Å². The zero-order valence-corrected chi connectivity index (χ0v) is 10.4. The maximum Gasteiger partial charge on any atom is 0.417 e. The molecule has 1 N–H and O–H groups in total. The fourth-order valence-corrected chi connectivity index (χ4v) is 2.98. The molecule has 1 aromatic heterocycles. The molecule has 18 heavy (non-hydrogen) atoms. The minimum absolute atomic E-state index is 0.338. The van der Waals surface area contributed by atoms with Crippen LogP contribution in [0.3, 0.4) is 0 Å². The summed E-state index contributed by atoms with van der Waals surface area (Å²) in [7, 11) is -1.97. The number of hydrogen-bond donors (Lipinski definition) is 1. The van der Waals surface area contributed by atoms with E-state index in [0.717, 1.165) is 0 Å². The molecule has 0 saturated carbocycles. The zero-order valence-electron chi connectivity index (χ0n) is 9.58. The van der Waals surface area contributed by atoms with Gasteiger partial charge in [0, 0.05) is 26.2 Å². The lowest BCUT2D eigenvalue weighted by Gasteiger charge is -2.19. The molecule has 0 unspecified atom stereocenters. The predicted octanol–water partition coefficient (Wildman–Crippen LogP) is 0.118. The van der Waals surface area contributed by atoms with E-state index in [1.165, 1.54) is 21.7 Å². The second kappa shape index (κ2) is 3.59. The molecule has 1 aromatic carbocycles. The third-order valence-corrected chi connectivity index (χ3v) is 4.77. The third-order valence-electron chi connectivity index (χ3n) is 2.85. The molecule has 3 rings (SSSR count). The Kier molecular flexibility index (Phi) is 2.26. The van der Waals surface area contributed by atoms with Crippen molar-refractivity contribution in [3.8, 4) is 0 Å². The largest absolute Gasteiger partial charge is 0.417 e. The van der Waals surface area contributed by atoms with Gasteiger partial charge in [-0.05, 0) is 12.1 Å². The first-order chi connectivity index (χ1) is 8.48. The molecule has 1 fully saturated rings. The Bertz CT molecular complexity index is 757. The van der Waals surface area contributed by atoms with Gasteiger partial charge in [0.05, 0.1) is 11.2 Å². The standard InChI is InChI=1S/C10H11N3O4S/c1-12(18(15,16)13-4-5-13)7-2-3-8-9(6-7)17-10(14)11-8/h2-3,6H,4-5H2,1H3,(H,11,14). The molecular weight excluding hydrogens is 258 g/mol. The monoisotopic (exact) mass is 269 g/mol. The molecule has 0 aliphatic carbocycles. The summed E-state index contributed by atoms with van der Waals surface area (Å²) in [5, 5.41) is 0. The van der Waals surface area contributed by atoms with Crippen molar-refractivity contribution in [1.82, 2.24) is 9.29 Å². The molecule has 1 saturated heterocycles. The summed E-state index contributed by atoms with van der Waals surface area (Å²) in [5.41, 5.74) is 1.34. The first-order valence-corrected chi connectivity index (χ1v) is 6.75. The highest BCUT2D eigenvalue weighted by molar-refractivity contribution is 7.90. The number of oxazole rings is 1. The summed E-state index contributed by atoms with van der Waals surface area (Å²) in [6, 6.07) is 4.76. The van der Waals surface area contributed by atoms with Gasteiger partial charge in [0.1, 0.15) is 0 Å². The fourth-order valence-electron chi connectivity index (χ4n) is 1.71. The Morgan fingerprint density at radius 2 is 2.11 bits per heavy atom. The lowest BCUT2D eigenvalue weighted by molar-refractivity contribution is 0.555. The van der Waals surface area contributed by atoms with E-state index in [0.29, 0.717) is 29.9 Å². The van der Waals surface area contributed by atoms with Gasteiger partial charge in [-0.3, -0.25) is 9.29 Å². The Morgan fingerprint density at radius 1 is 1.39 bits per heavy atom. The number of nitrogens with one attached hydrogen (secondary N) is 1. The van der Waals surface area contributed by atoms with Gasteiger partial charge >= 0.3 is 16.0 Å². The molecule has 96 valence electrons. The number of fused-ring (bicyclic) bond motifs is 1. The van der Waals surface area contributed by atoms with Crippen molar-refractivity contribution in [2.45, 2.75) is 0 Å². The summed E-state index contributed by atoms with van der Waals surface area (Å²) in [4.78, 5) is 13.5. The minimum atomic E-state index is -3.44. The third kappa shape index (κ3) is 1.70. The molecule has 0 spiro atoms. The van der Waals surface area contributed by atoms with Crippen molar-refractivity contribution >= 4 is 27.0 Å². The van der Waals surface area contributed by atoms with E-state index >= 15 is 0 Å². The van der Waals surface area contributed by atoms with Crippen LogP contribution in [0.15, 0.2) is 27.4 Å². The average molecular weight is 269 g/mol. The van der Waals surface area contributed by atoms with Gasteiger partial charge in [-0.1, -0.05) is 0 Å². The normalized spacial score (nSPS) is 16.1. The molecule has 0 radical (unpaired) electrons. The van der Waals surface area contributed by atoms with Crippen molar-refractivity contribution in [1.29, 1.82) is 0 Å². The molecule has 2 heterocycles. The highest BCUT2D eigenvalue weighted by atomic mass is 32.2. The van der Waals surface area contributed by atoms with Gasteiger partial charge in [0.2, 0.25) is 0 Å². The number of hydrogen-bond acceptors (Lipinski definition) is 4. The molecule has 0 atom stereocenters. The van der Waals surface area contributed by atoms with Crippen molar-refractivity contribution in [3.05, 3.63) is 28.7 Å². The van der Waals surface area contributed by atoms with Crippen LogP contribution < -0.4 is 10.1 Å². The molecular formula is C10H11N3O4S. The fraction of sp³-hybridized carbons (Fsp3) is 0.300. The highest BCUT2D eigenvalue weighted by Crippen LogP contribution is 2.25. The summed E-state index contributed by atoms with van der Waals surface area (Å²) in [6.07, 6.45) is 0. The van der Waals surface area contributed by atoms with Crippen LogP contribution in [0.25, 0.3) is 11.1 Å². The Hall–Kier alpha value is -1.80. The summed E-state index contributed by atoms with van der Waals surface area (Å²) in [6.45, 7) is 1.10. The highest BCUT2D eigenvalue weighted by Gasteiger charge is 2.35. The van der Waals surface area contributed by atoms with Gasteiger partial charge in [-0.25, -0.2) is 4.79 Å². The molecule has 1 aliphatic heterocycles. The number of rotatable bonds is 3. The maximum atomic E-state index is 12.0. The number of H-pyrrole nitrogens is 1. The lowest BCUT2D eigenvalue weighted by atomic mass is 10.3. The van der Waals surface area contributed by atoms with Crippen molar-refractivity contribution in [2.24, 2.45) is 0 Å². The Balaban J connectivity index is 2.05. The number of anilines is 1. The van der Waals surface area contributed by atoms with Crippen LogP contribution in [0.2, 0.25) is 0 Å². The molecule has 7 nitrogen and oxygen atoms in total. The van der Waals surface area contributed by atoms with Crippen LogP contribution in [0.5, 0.6) is 0 Å². The van der Waals surface area contributed by atoms with E-state index in [1.54, 1.807) is 12.1 Å². The van der Waals surface area contributed by atoms with Crippen LogP contribution >= 0.6 is 0 Å². The number of aromatic nitrogens is 1. The SMILES string of the molecule is CN(c1ccc2[nH]c(=O)oc2c1)S(=O)(=O)N1CC1. The summed E-state index contributed by atoms with van der Waals surface area (Å²) in [5.74, 6) is -0.557. The van der Waals surface area contributed by atoms with Gasteiger partial charge in [0.25, 0.3) is 0 Å².